The standard InChI is InChI=1S/C24H23NO4/c1-15-12-13-24(25(27)28)20(14-15)21-18-8-6-16-2-4-17(5-3-16)7-9-19(11-10-18)22(21)29-23(24)26/h2-5,10-12,20H,6-9,13-14H2,1H3/t20-,24+/m0/s1. The van der Waals surface area contributed by atoms with Gasteiger partial charge in [0.2, 0.25) is 0 Å². The highest BCUT2D eigenvalue weighted by molar-refractivity contribution is 5.87. The number of carbonyl (C=O) groups excluding carboxylic acids is 1. The minimum atomic E-state index is -1.71. The van der Waals surface area contributed by atoms with E-state index in [1.807, 2.05) is 19.1 Å². The minimum absolute atomic E-state index is 0.0964. The van der Waals surface area contributed by atoms with E-state index in [1.54, 1.807) is 0 Å². The van der Waals surface area contributed by atoms with Crippen LogP contribution in [-0.2, 0) is 30.5 Å². The maximum atomic E-state index is 13.0. The van der Waals surface area contributed by atoms with E-state index in [9.17, 15) is 14.9 Å². The number of ether oxygens (including phenoxy) is 1. The van der Waals surface area contributed by atoms with Crippen LogP contribution < -0.4 is 4.74 Å². The molecular weight excluding hydrogens is 366 g/mol. The Morgan fingerprint density at radius 2 is 1.62 bits per heavy atom. The van der Waals surface area contributed by atoms with Crippen molar-refractivity contribution in [2.75, 3.05) is 0 Å². The highest BCUT2D eigenvalue weighted by Gasteiger charge is 2.63. The van der Waals surface area contributed by atoms with E-state index in [4.69, 9.17) is 4.74 Å². The smallest absolute Gasteiger partial charge is 0.391 e. The molecule has 0 N–H and O–H groups in total. The number of carbonyl (C=O) groups is 1. The van der Waals surface area contributed by atoms with Crippen LogP contribution in [0.2, 0.25) is 0 Å². The van der Waals surface area contributed by atoms with Crippen LogP contribution >= 0.6 is 0 Å². The number of nitro groups is 1. The number of rotatable bonds is 1. The summed E-state index contributed by atoms with van der Waals surface area (Å²) < 4.78 is 5.79. The summed E-state index contributed by atoms with van der Waals surface area (Å²) in [5.74, 6) is -0.602. The molecular formula is C24H23NO4. The van der Waals surface area contributed by atoms with Gasteiger partial charge < -0.3 is 4.74 Å². The van der Waals surface area contributed by atoms with Gasteiger partial charge in [0.25, 0.3) is 0 Å². The molecule has 1 heterocycles. The second kappa shape index (κ2) is 6.55. The topological polar surface area (TPSA) is 69.4 Å². The van der Waals surface area contributed by atoms with Crippen molar-refractivity contribution in [3.8, 4) is 5.75 Å². The van der Waals surface area contributed by atoms with Gasteiger partial charge in [-0.15, -0.1) is 0 Å². The molecule has 8 rings (SSSR count). The zero-order chi connectivity index (χ0) is 20.2. The molecule has 0 saturated heterocycles. The van der Waals surface area contributed by atoms with Crippen molar-refractivity contribution in [2.45, 2.75) is 56.9 Å². The van der Waals surface area contributed by atoms with Gasteiger partial charge in [-0.05, 0) is 61.3 Å². The monoisotopic (exact) mass is 389 g/mol. The summed E-state index contributed by atoms with van der Waals surface area (Å²) in [6.07, 6.45) is 5.65. The second-order valence-electron chi connectivity index (χ2n) is 8.53. The SMILES string of the molecule is CC1=CC[C@]2([N+](=O)[O-])C(=O)Oc3c4ccc(c3[C@@H]2C1)CCc1ccc(cc1)CC4. The Kier molecular flexibility index (Phi) is 4.09. The van der Waals surface area contributed by atoms with Gasteiger partial charge in [0.1, 0.15) is 5.75 Å². The second-order valence-corrected chi connectivity index (χ2v) is 8.53. The van der Waals surface area contributed by atoms with Gasteiger partial charge in [-0.25, -0.2) is 4.79 Å². The van der Waals surface area contributed by atoms with Gasteiger partial charge in [-0.1, -0.05) is 48.0 Å². The molecule has 4 bridgehead atoms. The largest absolute Gasteiger partial charge is 0.421 e. The highest BCUT2D eigenvalue weighted by Crippen LogP contribution is 2.52. The predicted molar refractivity (Wildman–Crippen MR) is 109 cm³/mol. The summed E-state index contributed by atoms with van der Waals surface area (Å²) in [6.45, 7) is 1.99. The van der Waals surface area contributed by atoms with E-state index in [-0.39, 0.29) is 6.42 Å². The third kappa shape index (κ3) is 2.71. The summed E-state index contributed by atoms with van der Waals surface area (Å²) in [4.78, 5) is 24.8. The van der Waals surface area contributed by atoms with E-state index < -0.39 is 22.3 Å². The number of nitrogens with zero attached hydrogens (tertiary/aromatic N) is 1. The first kappa shape index (κ1) is 18.1. The molecule has 0 amide bonds. The first-order valence-electron chi connectivity index (χ1n) is 10.2. The van der Waals surface area contributed by atoms with E-state index in [2.05, 4.69) is 30.3 Å². The molecule has 0 saturated carbocycles. The molecule has 0 unspecified atom stereocenters. The van der Waals surface area contributed by atoms with Gasteiger partial charge in [-0.3, -0.25) is 10.1 Å². The van der Waals surface area contributed by atoms with Gasteiger partial charge in [0, 0.05) is 16.9 Å². The molecule has 0 fully saturated rings. The number of benzene rings is 2. The number of aryl methyl sites for hydroxylation is 4. The third-order valence-corrected chi connectivity index (χ3v) is 6.84. The number of fused-ring (bicyclic) bond motifs is 1. The lowest BCUT2D eigenvalue weighted by Crippen LogP contribution is -2.57. The molecule has 5 nitrogen and oxygen atoms in total. The van der Waals surface area contributed by atoms with Crippen LogP contribution in [0, 0.1) is 10.1 Å². The van der Waals surface area contributed by atoms with Gasteiger partial charge in [0.05, 0.1) is 5.92 Å². The van der Waals surface area contributed by atoms with Crippen molar-refractivity contribution in [3.63, 3.8) is 0 Å². The Labute approximate surface area is 169 Å². The molecule has 148 valence electrons. The van der Waals surface area contributed by atoms with E-state index in [1.165, 1.54) is 11.1 Å². The zero-order valence-corrected chi connectivity index (χ0v) is 16.4. The fourth-order valence-electron chi connectivity index (χ4n) is 5.10. The number of hydrogen-bond acceptors (Lipinski definition) is 4. The lowest BCUT2D eigenvalue weighted by Gasteiger charge is -2.40. The molecule has 2 aromatic rings. The van der Waals surface area contributed by atoms with Crippen molar-refractivity contribution < 1.29 is 14.5 Å². The van der Waals surface area contributed by atoms with Crippen molar-refractivity contribution in [1.82, 2.24) is 0 Å². The van der Waals surface area contributed by atoms with Crippen LogP contribution in [0.5, 0.6) is 5.75 Å². The molecule has 2 atom stereocenters. The molecule has 0 spiro atoms. The molecule has 6 aliphatic rings. The molecule has 2 aromatic carbocycles. The zero-order valence-electron chi connectivity index (χ0n) is 16.4. The minimum Gasteiger partial charge on any atom is -0.421 e. The Hall–Kier alpha value is -2.95. The summed E-state index contributed by atoms with van der Waals surface area (Å²) >= 11 is 0. The maximum Gasteiger partial charge on any atom is 0.391 e. The van der Waals surface area contributed by atoms with Crippen molar-refractivity contribution in [3.05, 3.63) is 86.0 Å². The lowest BCUT2D eigenvalue weighted by molar-refractivity contribution is -0.560. The van der Waals surface area contributed by atoms with Crippen LogP contribution in [0.1, 0.15) is 53.5 Å². The molecule has 29 heavy (non-hydrogen) atoms. The van der Waals surface area contributed by atoms with Gasteiger partial charge >= 0.3 is 11.5 Å². The molecule has 5 heteroatoms. The quantitative estimate of drug-likeness (QED) is 0.239. The molecule has 0 radical (unpaired) electrons. The summed E-state index contributed by atoms with van der Waals surface area (Å²) in [7, 11) is 0. The molecule has 5 aliphatic carbocycles. The van der Waals surface area contributed by atoms with E-state index in [0.29, 0.717) is 12.2 Å². The third-order valence-electron chi connectivity index (χ3n) is 6.84. The highest BCUT2D eigenvalue weighted by atomic mass is 16.6. The summed E-state index contributed by atoms with van der Waals surface area (Å²) in [5, 5.41) is 12.2. The average molecular weight is 389 g/mol. The first-order chi connectivity index (χ1) is 14.0. The fourth-order valence-corrected chi connectivity index (χ4v) is 5.10. The Bertz CT molecular complexity index is 1050. The van der Waals surface area contributed by atoms with Crippen LogP contribution in [-0.4, -0.2) is 16.4 Å². The van der Waals surface area contributed by atoms with E-state index >= 15 is 0 Å². The average Bonchev–Trinajstić information content (AvgIpc) is 2.70. The number of allylic oxidation sites excluding steroid dienone is 1. The molecule has 0 aromatic heterocycles. The van der Waals surface area contributed by atoms with Crippen molar-refractivity contribution in [1.29, 1.82) is 0 Å². The van der Waals surface area contributed by atoms with Crippen LogP contribution in [0.4, 0.5) is 0 Å². The summed E-state index contributed by atoms with van der Waals surface area (Å²) in [6, 6.07) is 12.8. The lowest BCUT2D eigenvalue weighted by atomic mass is 9.67. The van der Waals surface area contributed by atoms with Gasteiger partial charge in [0.15, 0.2) is 0 Å². The first-order valence-corrected chi connectivity index (χ1v) is 10.2. The van der Waals surface area contributed by atoms with E-state index in [0.717, 1.165) is 47.9 Å². The Balaban J connectivity index is 1.71. The summed E-state index contributed by atoms with van der Waals surface area (Å²) in [5.41, 5.74) is 4.79. The maximum absolute atomic E-state index is 13.0. The van der Waals surface area contributed by atoms with Crippen LogP contribution in [0.3, 0.4) is 0 Å². The van der Waals surface area contributed by atoms with Crippen molar-refractivity contribution >= 4 is 5.97 Å². The van der Waals surface area contributed by atoms with Crippen LogP contribution in [0.15, 0.2) is 48.0 Å². The number of esters is 1. The molecule has 1 aliphatic heterocycles. The van der Waals surface area contributed by atoms with Crippen molar-refractivity contribution in [2.24, 2.45) is 0 Å². The fraction of sp³-hybridized carbons (Fsp3) is 0.375. The normalized spacial score (nSPS) is 25.2. The Morgan fingerprint density at radius 3 is 2.28 bits per heavy atom. The Morgan fingerprint density at radius 1 is 1.00 bits per heavy atom. The van der Waals surface area contributed by atoms with Crippen LogP contribution in [0.25, 0.3) is 0 Å². The van der Waals surface area contributed by atoms with Gasteiger partial charge in [-0.2, -0.15) is 0 Å². The predicted octanol–water partition coefficient (Wildman–Crippen LogP) is 4.33. The number of hydrogen-bond donors (Lipinski definition) is 0.